The number of aliphatic hydroxyl groups excluding tert-OH is 2. The molecule has 0 aromatic carbocycles. The van der Waals surface area contributed by atoms with Gasteiger partial charge in [0.05, 0.1) is 23.4 Å². The van der Waals surface area contributed by atoms with Gasteiger partial charge in [-0.1, -0.05) is 26.0 Å². The van der Waals surface area contributed by atoms with Crippen molar-refractivity contribution < 1.29 is 25.2 Å². The van der Waals surface area contributed by atoms with E-state index < -0.39 is 28.8 Å². The first-order chi connectivity index (χ1) is 14.7. The van der Waals surface area contributed by atoms with E-state index in [1.807, 2.05) is 13.8 Å². The van der Waals surface area contributed by atoms with Crippen LogP contribution < -0.4 is 0 Å². The van der Waals surface area contributed by atoms with Gasteiger partial charge in [-0.05, 0) is 101 Å². The number of carbonyl (C=O) groups excluding carboxylic acids is 1. The third kappa shape index (κ3) is 3.55. The summed E-state index contributed by atoms with van der Waals surface area (Å²) in [6.07, 6.45) is 6.37. The van der Waals surface area contributed by atoms with Crippen molar-refractivity contribution in [2.75, 3.05) is 0 Å². The van der Waals surface area contributed by atoms with Crippen LogP contribution in [-0.2, 0) is 4.79 Å². The van der Waals surface area contributed by atoms with Gasteiger partial charge in [0.2, 0.25) is 0 Å². The Labute approximate surface area is 192 Å². The van der Waals surface area contributed by atoms with Crippen molar-refractivity contribution in [2.24, 2.45) is 28.6 Å². The van der Waals surface area contributed by atoms with Gasteiger partial charge in [-0.25, -0.2) is 0 Å². The van der Waals surface area contributed by atoms with E-state index in [4.69, 9.17) is 0 Å². The van der Waals surface area contributed by atoms with E-state index in [1.54, 1.807) is 6.08 Å². The van der Waals surface area contributed by atoms with Crippen LogP contribution >= 0.6 is 0 Å². The highest BCUT2D eigenvalue weighted by molar-refractivity contribution is 5.95. The number of aliphatic hydroxyl groups is 4. The maximum Gasteiger partial charge on any atom is 0.159 e. The number of fused-ring (bicyclic) bond motifs is 5. The van der Waals surface area contributed by atoms with Crippen LogP contribution in [-0.4, -0.2) is 49.6 Å². The molecule has 0 aromatic heterocycles. The molecule has 0 heterocycles. The van der Waals surface area contributed by atoms with E-state index in [9.17, 15) is 25.2 Å². The van der Waals surface area contributed by atoms with Crippen LogP contribution in [0.25, 0.3) is 0 Å². The average Bonchev–Trinajstić information content (AvgIpc) is 2.95. The van der Waals surface area contributed by atoms with Crippen LogP contribution in [0, 0.1) is 28.6 Å². The Morgan fingerprint density at radius 2 is 1.84 bits per heavy atom. The Morgan fingerprint density at radius 3 is 2.50 bits per heavy atom. The van der Waals surface area contributed by atoms with Crippen molar-refractivity contribution in [2.45, 2.75) is 109 Å². The molecule has 4 rings (SSSR count). The first-order valence-electron chi connectivity index (χ1n) is 12.5. The monoisotopic (exact) mass is 446 g/mol. The topological polar surface area (TPSA) is 98.0 Å². The highest BCUT2D eigenvalue weighted by atomic mass is 16.3. The molecule has 0 bridgehead atoms. The molecule has 0 unspecified atom stereocenters. The number of hydrogen-bond acceptors (Lipinski definition) is 5. The third-order valence-electron chi connectivity index (χ3n) is 9.90. The third-order valence-corrected chi connectivity index (χ3v) is 9.90. The highest BCUT2D eigenvalue weighted by Crippen LogP contribution is 2.68. The van der Waals surface area contributed by atoms with Crippen molar-refractivity contribution in [3.05, 3.63) is 23.8 Å². The van der Waals surface area contributed by atoms with Gasteiger partial charge in [0.15, 0.2) is 5.78 Å². The second-order valence-corrected chi connectivity index (χ2v) is 12.4. The molecule has 0 saturated heterocycles. The Kier molecular flexibility index (Phi) is 5.85. The van der Waals surface area contributed by atoms with Gasteiger partial charge in [-0.2, -0.15) is 0 Å². The molecule has 4 aliphatic rings. The SMILES string of the molecule is C=C(CCCC(C)(C)O)[C@H]1CC[C@@]2(O)C3=CC(=O)[C@@H]4C[C@@H](O)[C@@H](O)C[C@]4(C)[C@H]3CC[C@]12C. The van der Waals surface area contributed by atoms with Gasteiger partial charge in [0.1, 0.15) is 0 Å². The molecule has 32 heavy (non-hydrogen) atoms. The molecule has 8 atom stereocenters. The fourth-order valence-corrected chi connectivity index (χ4v) is 7.95. The number of hydrogen-bond donors (Lipinski definition) is 4. The van der Waals surface area contributed by atoms with Crippen molar-refractivity contribution in [1.82, 2.24) is 0 Å². The summed E-state index contributed by atoms with van der Waals surface area (Å²) in [5.41, 5.74) is -0.504. The summed E-state index contributed by atoms with van der Waals surface area (Å²) in [4.78, 5) is 13.2. The van der Waals surface area contributed by atoms with E-state index in [2.05, 4.69) is 20.4 Å². The zero-order chi connectivity index (χ0) is 23.7. The summed E-state index contributed by atoms with van der Waals surface area (Å²) >= 11 is 0. The van der Waals surface area contributed by atoms with Crippen molar-refractivity contribution >= 4 is 5.78 Å². The van der Waals surface area contributed by atoms with Crippen molar-refractivity contribution in [3.8, 4) is 0 Å². The van der Waals surface area contributed by atoms with Gasteiger partial charge >= 0.3 is 0 Å². The second-order valence-electron chi connectivity index (χ2n) is 12.4. The fraction of sp³-hybridized carbons (Fsp3) is 0.815. The predicted molar refractivity (Wildman–Crippen MR) is 124 cm³/mol. The molecule has 0 spiro atoms. The minimum atomic E-state index is -1.04. The fourth-order valence-electron chi connectivity index (χ4n) is 7.95. The van der Waals surface area contributed by atoms with Crippen LogP contribution in [0.1, 0.15) is 85.5 Å². The van der Waals surface area contributed by atoms with Gasteiger partial charge in [0, 0.05) is 11.3 Å². The maximum atomic E-state index is 13.2. The molecule has 0 aromatic rings. The van der Waals surface area contributed by atoms with Crippen LogP contribution in [0.3, 0.4) is 0 Å². The van der Waals surface area contributed by atoms with E-state index >= 15 is 0 Å². The first kappa shape index (κ1) is 24.1. The Bertz CT molecular complexity index is 824. The lowest BCUT2D eigenvalue weighted by molar-refractivity contribution is -0.151. The molecule has 0 amide bonds. The van der Waals surface area contributed by atoms with Crippen molar-refractivity contribution in [3.63, 3.8) is 0 Å². The zero-order valence-corrected chi connectivity index (χ0v) is 20.2. The van der Waals surface area contributed by atoms with E-state index in [1.165, 1.54) is 0 Å². The van der Waals surface area contributed by atoms with Crippen LogP contribution in [0.4, 0.5) is 0 Å². The molecular formula is C27H42O5. The van der Waals surface area contributed by atoms with Crippen LogP contribution in [0.15, 0.2) is 23.8 Å². The number of carbonyl (C=O) groups is 1. The van der Waals surface area contributed by atoms with Gasteiger partial charge in [-0.15, -0.1) is 0 Å². The predicted octanol–water partition coefficient (Wildman–Crippen LogP) is 3.69. The summed E-state index contributed by atoms with van der Waals surface area (Å²) in [6, 6.07) is 0. The molecule has 4 N–H and O–H groups in total. The number of rotatable bonds is 5. The summed E-state index contributed by atoms with van der Waals surface area (Å²) in [5.74, 6) is -0.0605. The standard InChI is InChI=1S/C27H42O5/c1-16(7-6-10-24(2,3)31)17-9-12-27(32)19-13-21(28)20-14-22(29)23(30)15-25(20,4)18(19)8-11-26(17,27)5/h13,17-18,20,22-23,29-32H,1,6-12,14-15H2,2-5H3/t17-,18+,20+,22-,23+,25-,26-,27-/m1/s1. The van der Waals surface area contributed by atoms with Crippen molar-refractivity contribution in [1.29, 1.82) is 0 Å². The molecule has 0 radical (unpaired) electrons. The lowest BCUT2D eigenvalue weighted by atomic mass is 9.46. The molecule has 3 fully saturated rings. The van der Waals surface area contributed by atoms with E-state index in [-0.39, 0.29) is 29.0 Å². The summed E-state index contributed by atoms with van der Waals surface area (Å²) in [6.45, 7) is 12.3. The van der Waals surface area contributed by atoms with Gasteiger partial charge in [0.25, 0.3) is 0 Å². The van der Waals surface area contributed by atoms with Crippen LogP contribution in [0.5, 0.6) is 0 Å². The summed E-state index contributed by atoms with van der Waals surface area (Å²) in [7, 11) is 0. The first-order valence-corrected chi connectivity index (χ1v) is 12.5. The Morgan fingerprint density at radius 1 is 1.16 bits per heavy atom. The molecule has 3 saturated carbocycles. The molecular weight excluding hydrogens is 404 g/mol. The average molecular weight is 447 g/mol. The summed E-state index contributed by atoms with van der Waals surface area (Å²) < 4.78 is 0. The maximum absolute atomic E-state index is 13.2. The number of allylic oxidation sites excluding steroid dienone is 2. The van der Waals surface area contributed by atoms with E-state index in [0.29, 0.717) is 19.3 Å². The molecule has 5 nitrogen and oxygen atoms in total. The largest absolute Gasteiger partial charge is 0.390 e. The van der Waals surface area contributed by atoms with Crippen LogP contribution in [0.2, 0.25) is 0 Å². The van der Waals surface area contributed by atoms with Gasteiger partial charge in [-0.3, -0.25) is 4.79 Å². The number of ketones is 1. The Hall–Kier alpha value is -1.01. The quantitative estimate of drug-likeness (QED) is 0.483. The minimum Gasteiger partial charge on any atom is -0.390 e. The second kappa shape index (κ2) is 7.76. The minimum absolute atomic E-state index is 0.00479. The lowest BCUT2D eigenvalue weighted by Crippen LogP contribution is -2.60. The smallest absolute Gasteiger partial charge is 0.159 e. The highest BCUT2D eigenvalue weighted by Gasteiger charge is 2.66. The zero-order valence-electron chi connectivity index (χ0n) is 20.2. The van der Waals surface area contributed by atoms with Gasteiger partial charge < -0.3 is 20.4 Å². The molecule has 5 heteroatoms. The van der Waals surface area contributed by atoms with E-state index in [0.717, 1.165) is 49.7 Å². The Balaban J connectivity index is 1.61. The molecule has 4 aliphatic carbocycles. The molecule has 0 aliphatic heterocycles. The lowest BCUT2D eigenvalue weighted by Gasteiger charge is -2.60. The summed E-state index contributed by atoms with van der Waals surface area (Å²) in [5, 5.41) is 42.9. The molecule has 180 valence electrons. The normalized spacial score (nSPS) is 46.2.